The molecule has 4 aromatic rings. The molecule has 0 fully saturated rings. The fourth-order valence-electron chi connectivity index (χ4n) is 2.44. The largest absolute Gasteiger partial charge is 0.225 e. The van der Waals surface area contributed by atoms with Crippen molar-refractivity contribution in [3.63, 3.8) is 0 Å². The van der Waals surface area contributed by atoms with Crippen LogP contribution in [0.5, 0.6) is 0 Å². The molecule has 0 amide bonds. The first-order chi connectivity index (χ1) is 11.4. The highest BCUT2D eigenvalue weighted by Crippen LogP contribution is 2.29. The fraction of sp³-hybridized carbons (Fsp3) is 0. The Kier molecular flexibility index (Phi) is 3.32. The van der Waals surface area contributed by atoms with Crippen molar-refractivity contribution in [1.29, 1.82) is 0 Å². The third-order valence-electron chi connectivity index (χ3n) is 3.51. The summed E-state index contributed by atoms with van der Waals surface area (Å²) in [6.07, 6.45) is 6.41. The van der Waals surface area contributed by atoms with Gasteiger partial charge in [-0.2, -0.15) is 0 Å². The molecule has 0 atom stereocenters. The van der Waals surface area contributed by atoms with Crippen molar-refractivity contribution in [2.45, 2.75) is 0 Å². The van der Waals surface area contributed by atoms with Crippen molar-refractivity contribution in [3.05, 3.63) is 73.6 Å². The Morgan fingerprint density at radius 3 is 2.39 bits per heavy atom. The SMILES string of the molecule is c1ccc(-c2ccc(-n3ccnn3)c(-c3ncncn3)c2)cc1. The number of benzene rings is 2. The Hall–Kier alpha value is -3.41. The quantitative estimate of drug-likeness (QED) is 0.582. The molecule has 2 aromatic carbocycles. The van der Waals surface area contributed by atoms with E-state index in [0.717, 1.165) is 22.4 Å². The normalized spacial score (nSPS) is 10.6. The van der Waals surface area contributed by atoms with Crippen LogP contribution >= 0.6 is 0 Å². The predicted molar refractivity (Wildman–Crippen MR) is 85.6 cm³/mol. The van der Waals surface area contributed by atoms with E-state index in [0.29, 0.717) is 5.82 Å². The minimum atomic E-state index is 0.600. The van der Waals surface area contributed by atoms with E-state index >= 15 is 0 Å². The standard InChI is InChI=1S/C17H12N6/c1-2-4-13(5-3-1)14-6-7-16(23-9-8-21-22-23)15(10-14)17-19-11-18-12-20-17/h1-12H. The Bertz CT molecular complexity index is 904. The van der Waals surface area contributed by atoms with Gasteiger partial charge in [-0.1, -0.05) is 41.6 Å². The number of rotatable bonds is 3. The zero-order valence-corrected chi connectivity index (χ0v) is 12.1. The Balaban J connectivity index is 1.92. The zero-order valence-electron chi connectivity index (χ0n) is 12.1. The molecule has 4 rings (SSSR count). The molecule has 0 radical (unpaired) electrons. The van der Waals surface area contributed by atoms with Crippen LogP contribution in [0.2, 0.25) is 0 Å². The van der Waals surface area contributed by atoms with Crippen molar-refractivity contribution in [2.24, 2.45) is 0 Å². The fourth-order valence-corrected chi connectivity index (χ4v) is 2.44. The van der Waals surface area contributed by atoms with Gasteiger partial charge >= 0.3 is 0 Å². The summed E-state index contributed by atoms with van der Waals surface area (Å²) >= 11 is 0. The maximum absolute atomic E-state index is 4.27. The molecular weight excluding hydrogens is 288 g/mol. The molecule has 2 heterocycles. The number of aromatic nitrogens is 6. The van der Waals surface area contributed by atoms with Crippen LogP contribution in [0.3, 0.4) is 0 Å². The second kappa shape index (κ2) is 5.76. The van der Waals surface area contributed by atoms with E-state index in [9.17, 15) is 0 Å². The molecule has 6 nitrogen and oxygen atoms in total. The predicted octanol–water partition coefficient (Wildman–Crippen LogP) is 2.79. The van der Waals surface area contributed by atoms with Gasteiger partial charge in [-0.05, 0) is 23.3 Å². The first kappa shape index (κ1) is 13.3. The van der Waals surface area contributed by atoms with Crippen LogP contribution in [0, 0.1) is 0 Å². The molecular formula is C17H12N6. The van der Waals surface area contributed by atoms with E-state index in [4.69, 9.17) is 0 Å². The highest BCUT2D eigenvalue weighted by atomic mass is 15.4. The molecule has 0 saturated heterocycles. The first-order valence-corrected chi connectivity index (χ1v) is 7.10. The maximum atomic E-state index is 4.27. The third kappa shape index (κ3) is 2.57. The summed E-state index contributed by atoms with van der Waals surface area (Å²) in [6.45, 7) is 0. The lowest BCUT2D eigenvalue weighted by atomic mass is 10.0. The molecule has 110 valence electrons. The summed E-state index contributed by atoms with van der Waals surface area (Å²) in [5.41, 5.74) is 3.96. The first-order valence-electron chi connectivity index (χ1n) is 7.10. The Labute approximate surface area is 132 Å². The zero-order chi connectivity index (χ0) is 15.5. The summed E-state index contributed by atoms with van der Waals surface area (Å²) in [7, 11) is 0. The smallest absolute Gasteiger partial charge is 0.164 e. The number of nitrogens with zero attached hydrogens (tertiary/aromatic N) is 6. The van der Waals surface area contributed by atoms with Crippen molar-refractivity contribution < 1.29 is 0 Å². The van der Waals surface area contributed by atoms with Crippen LogP contribution < -0.4 is 0 Å². The molecule has 23 heavy (non-hydrogen) atoms. The summed E-state index contributed by atoms with van der Waals surface area (Å²) in [5.74, 6) is 0.600. The topological polar surface area (TPSA) is 69.4 Å². The van der Waals surface area contributed by atoms with Gasteiger partial charge in [-0.15, -0.1) is 5.10 Å². The van der Waals surface area contributed by atoms with Crippen molar-refractivity contribution >= 4 is 0 Å². The van der Waals surface area contributed by atoms with Gasteiger partial charge in [-0.3, -0.25) is 0 Å². The van der Waals surface area contributed by atoms with Crippen LogP contribution in [-0.4, -0.2) is 29.9 Å². The maximum Gasteiger partial charge on any atom is 0.164 e. The van der Waals surface area contributed by atoms with Crippen LogP contribution in [-0.2, 0) is 0 Å². The van der Waals surface area contributed by atoms with E-state index in [1.165, 1.54) is 12.7 Å². The van der Waals surface area contributed by atoms with Gasteiger partial charge in [0.05, 0.1) is 18.1 Å². The molecule has 0 aliphatic heterocycles. The van der Waals surface area contributed by atoms with Crippen LogP contribution in [0.25, 0.3) is 28.2 Å². The molecule has 2 aromatic heterocycles. The van der Waals surface area contributed by atoms with E-state index < -0.39 is 0 Å². The lowest BCUT2D eigenvalue weighted by molar-refractivity contribution is 0.803. The molecule has 0 aliphatic carbocycles. The average molecular weight is 300 g/mol. The van der Waals surface area contributed by atoms with Crippen LogP contribution in [0.4, 0.5) is 0 Å². The molecule has 0 N–H and O–H groups in total. The van der Waals surface area contributed by atoms with Gasteiger partial charge in [0.1, 0.15) is 12.7 Å². The second-order valence-corrected chi connectivity index (χ2v) is 4.91. The average Bonchev–Trinajstić information content (AvgIpc) is 3.17. The Morgan fingerprint density at radius 1 is 0.826 bits per heavy atom. The molecule has 0 aliphatic rings. The monoisotopic (exact) mass is 300 g/mol. The van der Waals surface area contributed by atoms with E-state index in [-0.39, 0.29) is 0 Å². The van der Waals surface area contributed by atoms with Crippen LogP contribution in [0.15, 0.2) is 73.6 Å². The molecule has 0 saturated carbocycles. The van der Waals surface area contributed by atoms with Crippen LogP contribution in [0.1, 0.15) is 0 Å². The summed E-state index contributed by atoms with van der Waals surface area (Å²) < 4.78 is 1.70. The summed E-state index contributed by atoms with van der Waals surface area (Å²) in [5, 5.41) is 7.94. The van der Waals surface area contributed by atoms with Gasteiger partial charge in [0.25, 0.3) is 0 Å². The minimum absolute atomic E-state index is 0.600. The summed E-state index contributed by atoms with van der Waals surface area (Å²) in [4.78, 5) is 12.4. The molecule has 0 bridgehead atoms. The minimum Gasteiger partial charge on any atom is -0.225 e. The molecule has 0 spiro atoms. The van der Waals surface area contributed by atoms with Gasteiger partial charge in [0, 0.05) is 5.56 Å². The van der Waals surface area contributed by atoms with Gasteiger partial charge in [-0.25, -0.2) is 19.6 Å². The van der Waals surface area contributed by atoms with Gasteiger partial charge in [0.15, 0.2) is 5.82 Å². The van der Waals surface area contributed by atoms with E-state index in [1.54, 1.807) is 17.1 Å². The Morgan fingerprint density at radius 2 is 1.65 bits per heavy atom. The van der Waals surface area contributed by atoms with Gasteiger partial charge in [0.2, 0.25) is 0 Å². The van der Waals surface area contributed by atoms with E-state index in [2.05, 4.69) is 49.5 Å². The van der Waals surface area contributed by atoms with Crippen molar-refractivity contribution in [2.75, 3.05) is 0 Å². The molecule has 6 heteroatoms. The van der Waals surface area contributed by atoms with Crippen molar-refractivity contribution in [3.8, 4) is 28.2 Å². The summed E-state index contributed by atoms with van der Waals surface area (Å²) in [6, 6.07) is 16.3. The number of hydrogen-bond acceptors (Lipinski definition) is 5. The lowest BCUT2D eigenvalue weighted by Gasteiger charge is -2.10. The highest BCUT2D eigenvalue weighted by molar-refractivity contribution is 5.76. The second-order valence-electron chi connectivity index (χ2n) is 4.91. The van der Waals surface area contributed by atoms with Crippen molar-refractivity contribution in [1.82, 2.24) is 29.9 Å². The van der Waals surface area contributed by atoms with E-state index in [1.807, 2.05) is 24.3 Å². The lowest BCUT2D eigenvalue weighted by Crippen LogP contribution is -2.01. The third-order valence-corrected chi connectivity index (χ3v) is 3.51. The molecule has 0 unspecified atom stereocenters. The van der Waals surface area contributed by atoms with Gasteiger partial charge < -0.3 is 0 Å². The number of hydrogen-bond donors (Lipinski definition) is 0. The highest BCUT2D eigenvalue weighted by Gasteiger charge is 2.12.